The van der Waals surface area contributed by atoms with E-state index in [0.29, 0.717) is 11.8 Å². The molecule has 0 saturated heterocycles. The van der Waals surface area contributed by atoms with Crippen LogP contribution in [0.1, 0.15) is 18.2 Å². The molecule has 0 radical (unpaired) electrons. The van der Waals surface area contributed by atoms with Gasteiger partial charge in [-0.2, -0.15) is 4.98 Å². The summed E-state index contributed by atoms with van der Waals surface area (Å²) in [4.78, 5) is 8.65. The number of methoxy groups -OCH3 is 1. The number of hydrogen-bond acceptors (Lipinski definition) is 4. The molecular weight excluding hydrogens is 238 g/mol. The summed E-state index contributed by atoms with van der Waals surface area (Å²) in [6.07, 6.45) is 0.931. The first kappa shape index (κ1) is 13.3. The molecule has 2 rings (SSSR count). The third kappa shape index (κ3) is 3.95. The van der Waals surface area contributed by atoms with Gasteiger partial charge < -0.3 is 10.1 Å². The van der Waals surface area contributed by atoms with E-state index in [0.717, 1.165) is 12.1 Å². The lowest BCUT2D eigenvalue weighted by atomic mass is 10.1. The van der Waals surface area contributed by atoms with Crippen molar-refractivity contribution in [3.8, 4) is 5.88 Å². The van der Waals surface area contributed by atoms with Crippen LogP contribution in [0.2, 0.25) is 0 Å². The molecule has 1 aromatic carbocycles. The van der Waals surface area contributed by atoms with Crippen molar-refractivity contribution in [1.29, 1.82) is 0 Å². The summed E-state index contributed by atoms with van der Waals surface area (Å²) in [6.45, 7) is 4.04. The molecule has 1 heterocycles. The molecule has 0 aliphatic heterocycles. The van der Waals surface area contributed by atoms with E-state index in [9.17, 15) is 0 Å². The van der Waals surface area contributed by atoms with E-state index in [-0.39, 0.29) is 6.04 Å². The molecule has 0 spiro atoms. The minimum absolute atomic E-state index is 0.258. The van der Waals surface area contributed by atoms with Crippen LogP contribution in [-0.2, 0) is 6.42 Å². The number of nitrogens with one attached hydrogen (secondary N) is 1. The molecule has 0 bridgehead atoms. The van der Waals surface area contributed by atoms with Crippen molar-refractivity contribution in [2.75, 3.05) is 12.4 Å². The van der Waals surface area contributed by atoms with Crippen LogP contribution in [0.5, 0.6) is 5.88 Å². The van der Waals surface area contributed by atoms with Gasteiger partial charge in [-0.25, -0.2) is 4.98 Å². The van der Waals surface area contributed by atoms with E-state index in [2.05, 4.69) is 34.3 Å². The Morgan fingerprint density at radius 3 is 2.63 bits per heavy atom. The molecule has 1 atom stereocenters. The molecule has 4 nitrogen and oxygen atoms in total. The molecular formula is C15H19N3O. The van der Waals surface area contributed by atoms with Gasteiger partial charge in [0.1, 0.15) is 0 Å². The lowest BCUT2D eigenvalue weighted by molar-refractivity contribution is 0.397. The summed E-state index contributed by atoms with van der Waals surface area (Å²) < 4.78 is 5.14. The number of ether oxygens (including phenoxy) is 1. The molecule has 4 heteroatoms. The Bertz CT molecular complexity index is 528. The van der Waals surface area contributed by atoms with Crippen molar-refractivity contribution in [3.05, 3.63) is 47.7 Å². The molecule has 1 unspecified atom stereocenters. The van der Waals surface area contributed by atoms with Crippen LogP contribution in [0, 0.1) is 6.92 Å². The van der Waals surface area contributed by atoms with Crippen molar-refractivity contribution in [1.82, 2.24) is 9.97 Å². The Hall–Kier alpha value is -2.10. The van der Waals surface area contributed by atoms with Gasteiger partial charge in [0.25, 0.3) is 0 Å². The molecule has 100 valence electrons. The third-order valence-electron chi connectivity index (χ3n) is 2.80. The average molecular weight is 257 g/mol. The number of rotatable bonds is 5. The average Bonchev–Trinajstić information content (AvgIpc) is 2.38. The standard InChI is InChI=1S/C15H19N3O/c1-11(9-13-7-5-4-6-8-13)16-15-17-12(2)10-14(18-15)19-3/h4-8,10-11H,9H2,1-3H3,(H,16,17,18). The van der Waals surface area contributed by atoms with Crippen molar-refractivity contribution in [3.63, 3.8) is 0 Å². The highest BCUT2D eigenvalue weighted by Gasteiger charge is 2.07. The molecule has 0 amide bonds. The zero-order valence-corrected chi connectivity index (χ0v) is 11.6. The number of benzene rings is 1. The minimum atomic E-state index is 0.258. The van der Waals surface area contributed by atoms with Gasteiger partial charge in [0, 0.05) is 17.8 Å². The van der Waals surface area contributed by atoms with Crippen molar-refractivity contribution in [2.24, 2.45) is 0 Å². The summed E-state index contributed by atoms with van der Waals surface area (Å²) in [5.41, 5.74) is 2.18. The van der Waals surface area contributed by atoms with E-state index < -0.39 is 0 Å². The summed E-state index contributed by atoms with van der Waals surface area (Å²) in [5.74, 6) is 1.20. The number of anilines is 1. The number of aromatic nitrogens is 2. The van der Waals surface area contributed by atoms with Gasteiger partial charge in [-0.3, -0.25) is 0 Å². The molecule has 0 saturated carbocycles. The van der Waals surface area contributed by atoms with Crippen molar-refractivity contribution < 1.29 is 4.74 Å². The first-order chi connectivity index (χ1) is 9.17. The van der Waals surface area contributed by atoms with E-state index in [1.165, 1.54) is 5.56 Å². The van der Waals surface area contributed by atoms with Gasteiger partial charge in [0.15, 0.2) is 0 Å². The molecule has 1 aromatic heterocycles. The Morgan fingerprint density at radius 2 is 1.95 bits per heavy atom. The van der Waals surface area contributed by atoms with E-state index >= 15 is 0 Å². The summed E-state index contributed by atoms with van der Waals surface area (Å²) in [6, 6.07) is 12.4. The fourth-order valence-electron chi connectivity index (χ4n) is 1.95. The van der Waals surface area contributed by atoms with Gasteiger partial charge in [0.05, 0.1) is 7.11 Å². The molecule has 0 fully saturated rings. The molecule has 19 heavy (non-hydrogen) atoms. The zero-order chi connectivity index (χ0) is 13.7. The fourth-order valence-corrected chi connectivity index (χ4v) is 1.95. The maximum Gasteiger partial charge on any atom is 0.226 e. The van der Waals surface area contributed by atoms with Crippen LogP contribution in [0.25, 0.3) is 0 Å². The highest BCUT2D eigenvalue weighted by Crippen LogP contribution is 2.13. The van der Waals surface area contributed by atoms with Gasteiger partial charge in [-0.05, 0) is 25.8 Å². The largest absolute Gasteiger partial charge is 0.481 e. The quantitative estimate of drug-likeness (QED) is 0.894. The second-order valence-electron chi connectivity index (χ2n) is 4.61. The monoisotopic (exact) mass is 257 g/mol. The van der Waals surface area contributed by atoms with Crippen LogP contribution in [0.3, 0.4) is 0 Å². The summed E-state index contributed by atoms with van der Waals surface area (Å²) >= 11 is 0. The minimum Gasteiger partial charge on any atom is -0.481 e. The first-order valence-corrected chi connectivity index (χ1v) is 6.37. The maximum atomic E-state index is 5.14. The van der Waals surface area contributed by atoms with E-state index in [1.807, 2.05) is 31.2 Å². The van der Waals surface area contributed by atoms with Crippen LogP contribution in [0.15, 0.2) is 36.4 Å². The summed E-state index contributed by atoms with van der Waals surface area (Å²) in [7, 11) is 1.61. The van der Waals surface area contributed by atoms with Crippen molar-refractivity contribution >= 4 is 5.95 Å². The molecule has 2 aromatic rings. The highest BCUT2D eigenvalue weighted by atomic mass is 16.5. The Labute approximate surface area is 113 Å². The Balaban J connectivity index is 2.02. The third-order valence-corrected chi connectivity index (χ3v) is 2.80. The van der Waals surface area contributed by atoms with E-state index in [4.69, 9.17) is 4.74 Å². The van der Waals surface area contributed by atoms with Crippen LogP contribution < -0.4 is 10.1 Å². The van der Waals surface area contributed by atoms with Gasteiger partial charge >= 0.3 is 0 Å². The molecule has 1 N–H and O–H groups in total. The van der Waals surface area contributed by atoms with Gasteiger partial charge in [-0.15, -0.1) is 0 Å². The second-order valence-corrected chi connectivity index (χ2v) is 4.61. The normalized spacial score (nSPS) is 11.9. The Kier molecular flexibility index (Phi) is 4.34. The second kappa shape index (κ2) is 6.18. The molecule has 0 aliphatic rings. The van der Waals surface area contributed by atoms with Crippen LogP contribution in [0.4, 0.5) is 5.95 Å². The molecule has 0 aliphatic carbocycles. The van der Waals surface area contributed by atoms with Crippen molar-refractivity contribution in [2.45, 2.75) is 26.3 Å². The topological polar surface area (TPSA) is 47.0 Å². The zero-order valence-electron chi connectivity index (χ0n) is 11.6. The Morgan fingerprint density at radius 1 is 1.21 bits per heavy atom. The lowest BCUT2D eigenvalue weighted by Gasteiger charge is -2.14. The lowest BCUT2D eigenvalue weighted by Crippen LogP contribution is -2.20. The maximum absolute atomic E-state index is 5.14. The smallest absolute Gasteiger partial charge is 0.226 e. The van der Waals surface area contributed by atoms with Gasteiger partial charge in [0.2, 0.25) is 11.8 Å². The highest BCUT2D eigenvalue weighted by molar-refractivity contribution is 5.32. The SMILES string of the molecule is COc1cc(C)nc(NC(C)Cc2ccccc2)n1. The number of hydrogen-bond donors (Lipinski definition) is 1. The predicted octanol–water partition coefficient (Wildman–Crippen LogP) is 2.84. The van der Waals surface area contributed by atoms with E-state index in [1.54, 1.807) is 7.11 Å². The predicted molar refractivity (Wildman–Crippen MR) is 76.6 cm³/mol. The fraction of sp³-hybridized carbons (Fsp3) is 0.333. The number of aryl methyl sites for hydroxylation is 1. The van der Waals surface area contributed by atoms with Gasteiger partial charge in [-0.1, -0.05) is 30.3 Å². The summed E-state index contributed by atoms with van der Waals surface area (Å²) in [5, 5.41) is 3.30. The van der Waals surface area contributed by atoms with Crippen LogP contribution in [-0.4, -0.2) is 23.1 Å². The number of nitrogens with zero attached hydrogens (tertiary/aromatic N) is 2. The van der Waals surface area contributed by atoms with Crippen LogP contribution >= 0.6 is 0 Å². The first-order valence-electron chi connectivity index (χ1n) is 6.37.